The first-order chi connectivity index (χ1) is 18.8. The van der Waals surface area contributed by atoms with E-state index >= 15 is 0 Å². The van der Waals surface area contributed by atoms with Crippen LogP contribution in [-0.2, 0) is 31.6 Å². The van der Waals surface area contributed by atoms with E-state index in [-0.39, 0.29) is 34.2 Å². The molecule has 2 unspecified atom stereocenters. The highest BCUT2D eigenvalue weighted by atomic mass is 16.5. The molecule has 0 radical (unpaired) electrons. The summed E-state index contributed by atoms with van der Waals surface area (Å²) in [5, 5.41) is 0. The van der Waals surface area contributed by atoms with Gasteiger partial charge in [0.2, 0.25) is 0 Å². The molecule has 1 saturated heterocycles. The Balaban J connectivity index is 1.59. The first-order valence-electron chi connectivity index (χ1n) is 15.9. The maximum absolute atomic E-state index is 7.39. The van der Waals surface area contributed by atoms with E-state index in [1.54, 1.807) is 0 Å². The Morgan fingerprint density at radius 2 is 1.55 bits per heavy atom. The number of pyridine rings is 1. The molecule has 2 aliphatic heterocycles. The second-order valence-corrected chi connectivity index (χ2v) is 15.9. The highest BCUT2D eigenvalue weighted by Gasteiger charge is 2.53. The summed E-state index contributed by atoms with van der Waals surface area (Å²) in [6, 6.07) is 9.27. The van der Waals surface area contributed by atoms with Crippen LogP contribution in [0, 0.1) is 5.41 Å². The van der Waals surface area contributed by atoms with Gasteiger partial charge in [-0.05, 0) is 86.8 Å². The van der Waals surface area contributed by atoms with E-state index in [4.69, 9.17) is 19.2 Å². The number of hydrogen-bond donors (Lipinski definition) is 0. The Morgan fingerprint density at radius 1 is 0.900 bits per heavy atom. The minimum absolute atomic E-state index is 0.0341. The van der Waals surface area contributed by atoms with Crippen LogP contribution in [0.5, 0.6) is 0 Å². The number of nitrogens with zero attached hydrogens (tertiary/aromatic N) is 1. The van der Waals surface area contributed by atoms with Crippen LogP contribution in [0.2, 0.25) is 0 Å². The van der Waals surface area contributed by atoms with Crippen molar-refractivity contribution in [1.29, 1.82) is 0 Å². The molecule has 1 saturated carbocycles. The summed E-state index contributed by atoms with van der Waals surface area (Å²) in [5.74, 6) is 0.413. The second kappa shape index (κ2) is 9.92. The van der Waals surface area contributed by atoms with Crippen molar-refractivity contribution in [2.75, 3.05) is 13.2 Å². The lowest BCUT2D eigenvalue weighted by Crippen LogP contribution is -2.36. The van der Waals surface area contributed by atoms with Crippen molar-refractivity contribution in [3.63, 3.8) is 0 Å². The highest BCUT2D eigenvalue weighted by molar-refractivity contribution is 5.55. The molecular formula is C36H51NO3. The SMILES string of the molecule is CC1(C)Cc2nc(C3CCOCC3)c3c(c2C(OC(C)(C)C)C1)C1(CCCC1)OC3c1ccc(C(C)(C)C)cc1. The van der Waals surface area contributed by atoms with Crippen molar-refractivity contribution >= 4 is 0 Å². The molecule has 4 nitrogen and oxygen atoms in total. The fourth-order valence-corrected chi connectivity index (χ4v) is 7.91. The molecule has 6 rings (SSSR count). The zero-order chi connectivity index (χ0) is 28.5. The summed E-state index contributed by atoms with van der Waals surface area (Å²) in [4.78, 5) is 5.66. The Labute approximate surface area is 242 Å². The lowest BCUT2D eigenvalue weighted by molar-refractivity contribution is -0.0881. The van der Waals surface area contributed by atoms with Gasteiger partial charge >= 0.3 is 0 Å². The van der Waals surface area contributed by atoms with Crippen molar-refractivity contribution in [3.8, 4) is 0 Å². The molecule has 0 amide bonds. The summed E-state index contributed by atoms with van der Waals surface area (Å²) in [5.41, 5.74) is 9.18. The summed E-state index contributed by atoms with van der Waals surface area (Å²) in [6.45, 7) is 19.8. The van der Waals surface area contributed by atoms with E-state index < -0.39 is 0 Å². The van der Waals surface area contributed by atoms with Crippen LogP contribution in [0.25, 0.3) is 0 Å². The molecule has 218 valence electrons. The average Bonchev–Trinajstić information content (AvgIpc) is 3.47. The first-order valence-corrected chi connectivity index (χ1v) is 15.9. The monoisotopic (exact) mass is 545 g/mol. The van der Waals surface area contributed by atoms with Gasteiger partial charge in [-0.25, -0.2) is 0 Å². The smallest absolute Gasteiger partial charge is 0.111 e. The molecule has 1 aromatic carbocycles. The lowest BCUT2D eigenvalue weighted by atomic mass is 9.70. The third-order valence-electron chi connectivity index (χ3n) is 9.74. The maximum Gasteiger partial charge on any atom is 0.111 e. The number of fused-ring (bicyclic) bond motifs is 4. The van der Waals surface area contributed by atoms with Gasteiger partial charge in [-0.2, -0.15) is 0 Å². The van der Waals surface area contributed by atoms with Crippen LogP contribution in [0.3, 0.4) is 0 Å². The largest absolute Gasteiger partial charge is 0.381 e. The fraction of sp³-hybridized carbons (Fsp3) is 0.694. The third kappa shape index (κ3) is 5.18. The number of benzene rings is 1. The van der Waals surface area contributed by atoms with E-state index in [2.05, 4.69) is 79.7 Å². The summed E-state index contributed by atoms with van der Waals surface area (Å²) in [7, 11) is 0. The summed E-state index contributed by atoms with van der Waals surface area (Å²) in [6.07, 6.45) is 8.65. The molecule has 4 aliphatic rings. The molecule has 2 atom stereocenters. The molecule has 2 aliphatic carbocycles. The Bertz CT molecular complexity index is 1230. The van der Waals surface area contributed by atoms with Crippen molar-refractivity contribution < 1.29 is 14.2 Å². The fourth-order valence-electron chi connectivity index (χ4n) is 7.91. The second-order valence-electron chi connectivity index (χ2n) is 15.9. The standard InChI is InChI=1S/C36H51NO3/c1-33(2,3)25-13-11-24(12-14-25)32-29-30(36(40-32)17-9-10-18-36)28-26(37-31(29)23-15-19-38-20-16-23)21-35(7,8)22-27(28)39-34(4,5)6/h11-14,23,27,32H,9-10,15-22H2,1-8H3. The molecule has 1 aromatic heterocycles. The zero-order valence-corrected chi connectivity index (χ0v) is 26.3. The van der Waals surface area contributed by atoms with E-state index in [0.29, 0.717) is 5.92 Å². The molecule has 1 spiro atoms. The summed E-state index contributed by atoms with van der Waals surface area (Å²) < 4.78 is 20.2. The minimum Gasteiger partial charge on any atom is -0.381 e. The highest BCUT2D eigenvalue weighted by Crippen LogP contribution is 2.60. The average molecular weight is 546 g/mol. The Hall–Kier alpha value is -1.75. The van der Waals surface area contributed by atoms with Crippen LogP contribution in [-0.4, -0.2) is 23.8 Å². The van der Waals surface area contributed by atoms with Gasteiger partial charge in [-0.1, -0.05) is 71.7 Å². The van der Waals surface area contributed by atoms with Crippen LogP contribution in [0.15, 0.2) is 24.3 Å². The normalized spacial score (nSPS) is 26.2. The molecule has 2 aromatic rings. The van der Waals surface area contributed by atoms with Gasteiger partial charge in [0.1, 0.15) is 6.10 Å². The van der Waals surface area contributed by atoms with Gasteiger partial charge in [0.25, 0.3) is 0 Å². The van der Waals surface area contributed by atoms with E-state index in [0.717, 1.165) is 51.7 Å². The quantitative estimate of drug-likeness (QED) is 0.386. The van der Waals surface area contributed by atoms with Gasteiger partial charge in [0.15, 0.2) is 0 Å². The van der Waals surface area contributed by atoms with Gasteiger partial charge in [-0.15, -0.1) is 0 Å². The Kier molecular flexibility index (Phi) is 7.04. The van der Waals surface area contributed by atoms with Crippen molar-refractivity contribution in [3.05, 3.63) is 63.5 Å². The number of ether oxygens (including phenoxy) is 3. The van der Waals surface area contributed by atoms with Gasteiger partial charge < -0.3 is 14.2 Å². The van der Waals surface area contributed by atoms with E-state index in [1.807, 2.05) is 0 Å². The van der Waals surface area contributed by atoms with Crippen molar-refractivity contribution in [2.24, 2.45) is 5.41 Å². The molecule has 0 bridgehead atoms. The Morgan fingerprint density at radius 3 is 2.15 bits per heavy atom. The molecule has 4 heteroatoms. The molecule has 3 heterocycles. The zero-order valence-electron chi connectivity index (χ0n) is 26.3. The predicted molar refractivity (Wildman–Crippen MR) is 161 cm³/mol. The van der Waals surface area contributed by atoms with E-state index in [9.17, 15) is 0 Å². The molecular weight excluding hydrogens is 494 g/mol. The van der Waals surface area contributed by atoms with Crippen molar-refractivity contribution in [1.82, 2.24) is 4.98 Å². The number of rotatable bonds is 3. The van der Waals surface area contributed by atoms with Gasteiger partial charge in [0.05, 0.1) is 23.0 Å². The lowest BCUT2D eigenvalue weighted by Gasteiger charge is -2.42. The van der Waals surface area contributed by atoms with E-state index in [1.165, 1.54) is 52.0 Å². The molecule has 2 fully saturated rings. The van der Waals surface area contributed by atoms with Gasteiger partial charge in [-0.3, -0.25) is 4.98 Å². The van der Waals surface area contributed by atoms with Crippen LogP contribution < -0.4 is 0 Å². The van der Waals surface area contributed by atoms with Gasteiger partial charge in [0, 0.05) is 36.0 Å². The maximum atomic E-state index is 7.39. The number of hydrogen-bond acceptors (Lipinski definition) is 4. The number of aromatic nitrogens is 1. The summed E-state index contributed by atoms with van der Waals surface area (Å²) >= 11 is 0. The topological polar surface area (TPSA) is 40.6 Å². The molecule has 0 N–H and O–H groups in total. The van der Waals surface area contributed by atoms with Crippen LogP contribution in [0.4, 0.5) is 0 Å². The third-order valence-corrected chi connectivity index (χ3v) is 9.74. The van der Waals surface area contributed by atoms with Crippen molar-refractivity contribution in [2.45, 2.75) is 141 Å². The van der Waals surface area contributed by atoms with Crippen LogP contribution >= 0.6 is 0 Å². The minimum atomic E-state index is -0.239. The molecule has 40 heavy (non-hydrogen) atoms. The predicted octanol–water partition coefficient (Wildman–Crippen LogP) is 8.99. The first kappa shape index (κ1) is 28.4. The van der Waals surface area contributed by atoms with Crippen LogP contribution in [0.1, 0.15) is 158 Å².